The molecule has 0 aromatic heterocycles. The summed E-state index contributed by atoms with van der Waals surface area (Å²) in [6.45, 7) is 5.23. The molecule has 0 saturated carbocycles. The van der Waals surface area contributed by atoms with E-state index in [1.165, 1.54) is 30.4 Å². The third-order valence-electron chi connectivity index (χ3n) is 4.92. The maximum absolute atomic E-state index is 12.6. The molecule has 0 aliphatic heterocycles. The second-order valence-electron chi connectivity index (χ2n) is 6.80. The average molecular weight is 338 g/mol. The van der Waals surface area contributed by atoms with Crippen LogP contribution in [-0.2, 0) is 4.79 Å². The highest BCUT2D eigenvalue weighted by Crippen LogP contribution is 2.27. The molecule has 0 aliphatic rings. The van der Waals surface area contributed by atoms with Gasteiger partial charge in [0.25, 0.3) is 0 Å². The number of hydrogen-bond acceptors (Lipinski definition) is 1. The summed E-state index contributed by atoms with van der Waals surface area (Å²) < 4.78 is 0. The fraction of sp³-hybridized carbons (Fsp3) is 0.435. The minimum Gasteiger partial charge on any atom is -0.356 e. The number of carbonyl (C=O) groups is 1. The summed E-state index contributed by atoms with van der Waals surface area (Å²) >= 11 is 0. The molecule has 0 saturated heterocycles. The molecule has 134 valence electrons. The van der Waals surface area contributed by atoms with Crippen molar-refractivity contribution in [2.45, 2.75) is 51.9 Å². The molecule has 0 heterocycles. The fourth-order valence-corrected chi connectivity index (χ4v) is 3.26. The molecule has 0 fully saturated rings. The molecular formula is C23H31NO. The zero-order chi connectivity index (χ0) is 17.9. The summed E-state index contributed by atoms with van der Waals surface area (Å²) in [6.07, 6.45) is 5.28. The van der Waals surface area contributed by atoms with E-state index in [0.29, 0.717) is 12.3 Å². The number of rotatable bonds is 10. The Balaban J connectivity index is 2.01. The summed E-state index contributed by atoms with van der Waals surface area (Å²) in [6, 6.07) is 20.7. The smallest absolute Gasteiger partial charge is 0.220 e. The first kappa shape index (κ1) is 19.2. The van der Waals surface area contributed by atoms with Gasteiger partial charge in [-0.3, -0.25) is 4.79 Å². The van der Waals surface area contributed by atoms with Gasteiger partial charge in [0.1, 0.15) is 0 Å². The van der Waals surface area contributed by atoms with E-state index in [4.69, 9.17) is 0 Å². The van der Waals surface area contributed by atoms with Crippen molar-refractivity contribution in [1.29, 1.82) is 0 Å². The lowest BCUT2D eigenvalue weighted by Gasteiger charge is -2.20. The van der Waals surface area contributed by atoms with E-state index in [1.54, 1.807) is 0 Å². The summed E-state index contributed by atoms with van der Waals surface area (Å²) in [7, 11) is 0. The molecule has 2 heteroatoms. The largest absolute Gasteiger partial charge is 0.356 e. The van der Waals surface area contributed by atoms with Crippen LogP contribution in [0.3, 0.4) is 0 Å². The van der Waals surface area contributed by atoms with Crippen LogP contribution < -0.4 is 5.32 Å². The summed E-state index contributed by atoms with van der Waals surface area (Å²) in [5.74, 6) is 0.849. The van der Waals surface area contributed by atoms with Crippen molar-refractivity contribution in [2.75, 3.05) is 6.54 Å². The van der Waals surface area contributed by atoms with Gasteiger partial charge in [-0.15, -0.1) is 0 Å². The minimum atomic E-state index is 0.109. The molecule has 0 bridgehead atoms. The highest BCUT2D eigenvalue weighted by atomic mass is 16.1. The molecule has 1 N–H and O–H groups in total. The van der Waals surface area contributed by atoms with Crippen molar-refractivity contribution in [3.63, 3.8) is 0 Å². The van der Waals surface area contributed by atoms with E-state index in [0.717, 1.165) is 13.0 Å². The molecule has 1 unspecified atom stereocenters. The lowest BCUT2D eigenvalue weighted by Crippen LogP contribution is -2.30. The molecule has 1 atom stereocenters. The van der Waals surface area contributed by atoms with Gasteiger partial charge in [0.05, 0.1) is 0 Å². The second-order valence-corrected chi connectivity index (χ2v) is 6.80. The molecule has 0 radical (unpaired) electrons. The number of benzene rings is 2. The Bertz CT molecular complexity index is 569. The average Bonchev–Trinajstić information content (AvgIpc) is 2.67. The maximum Gasteiger partial charge on any atom is 0.220 e. The van der Waals surface area contributed by atoms with Gasteiger partial charge in [-0.1, -0.05) is 93.8 Å². The Labute approximate surface area is 152 Å². The van der Waals surface area contributed by atoms with Crippen LogP contribution in [0, 0.1) is 5.92 Å². The van der Waals surface area contributed by atoms with Gasteiger partial charge in [0.2, 0.25) is 5.91 Å². The standard InChI is InChI=1S/C23H31NO/c1-3-5-12-19(4-2)18-24-23(25)17-22(20-13-8-6-9-14-20)21-15-10-7-11-16-21/h6-11,13-16,19,22H,3-5,12,17-18H2,1-2H3,(H,24,25). The first-order valence-corrected chi connectivity index (χ1v) is 9.61. The van der Waals surface area contributed by atoms with Gasteiger partial charge in [-0.2, -0.15) is 0 Å². The molecule has 25 heavy (non-hydrogen) atoms. The zero-order valence-electron chi connectivity index (χ0n) is 15.6. The van der Waals surface area contributed by atoms with Crippen LogP contribution in [0.4, 0.5) is 0 Å². The highest BCUT2D eigenvalue weighted by molar-refractivity contribution is 5.77. The predicted octanol–water partition coefficient (Wildman–Crippen LogP) is 5.54. The monoisotopic (exact) mass is 337 g/mol. The van der Waals surface area contributed by atoms with Crippen LogP contribution in [0.15, 0.2) is 60.7 Å². The molecule has 2 nitrogen and oxygen atoms in total. The number of amides is 1. The molecule has 0 spiro atoms. The van der Waals surface area contributed by atoms with Gasteiger partial charge < -0.3 is 5.32 Å². The Morgan fingerprint density at radius 3 is 1.96 bits per heavy atom. The minimum absolute atomic E-state index is 0.109. The van der Waals surface area contributed by atoms with Gasteiger partial charge in [0, 0.05) is 18.9 Å². The first-order valence-electron chi connectivity index (χ1n) is 9.61. The van der Waals surface area contributed by atoms with Crippen LogP contribution in [-0.4, -0.2) is 12.5 Å². The van der Waals surface area contributed by atoms with Crippen molar-refractivity contribution < 1.29 is 4.79 Å². The Morgan fingerprint density at radius 1 is 0.920 bits per heavy atom. The van der Waals surface area contributed by atoms with Crippen LogP contribution in [0.1, 0.15) is 63.0 Å². The fourth-order valence-electron chi connectivity index (χ4n) is 3.26. The summed E-state index contributed by atoms with van der Waals surface area (Å²) in [5.41, 5.74) is 2.39. The SMILES string of the molecule is CCCCC(CC)CNC(=O)CC(c1ccccc1)c1ccccc1. The molecule has 2 aromatic carbocycles. The number of nitrogens with one attached hydrogen (secondary N) is 1. The molecule has 0 aliphatic carbocycles. The van der Waals surface area contributed by atoms with Crippen molar-refractivity contribution in [3.8, 4) is 0 Å². The van der Waals surface area contributed by atoms with Crippen LogP contribution in [0.5, 0.6) is 0 Å². The quantitative estimate of drug-likeness (QED) is 0.606. The van der Waals surface area contributed by atoms with Crippen molar-refractivity contribution in [2.24, 2.45) is 5.92 Å². The normalized spacial score (nSPS) is 12.1. The van der Waals surface area contributed by atoms with Crippen molar-refractivity contribution >= 4 is 5.91 Å². The van der Waals surface area contributed by atoms with Gasteiger partial charge >= 0.3 is 0 Å². The van der Waals surface area contributed by atoms with E-state index in [9.17, 15) is 4.79 Å². The topological polar surface area (TPSA) is 29.1 Å². The number of unbranched alkanes of at least 4 members (excludes halogenated alkanes) is 1. The van der Waals surface area contributed by atoms with Crippen LogP contribution >= 0.6 is 0 Å². The molecular weight excluding hydrogens is 306 g/mol. The lowest BCUT2D eigenvalue weighted by atomic mass is 9.88. The van der Waals surface area contributed by atoms with E-state index >= 15 is 0 Å². The van der Waals surface area contributed by atoms with Crippen molar-refractivity contribution in [3.05, 3.63) is 71.8 Å². The summed E-state index contributed by atoms with van der Waals surface area (Å²) in [5, 5.41) is 3.17. The van der Waals surface area contributed by atoms with Gasteiger partial charge in [-0.25, -0.2) is 0 Å². The predicted molar refractivity (Wildman–Crippen MR) is 106 cm³/mol. The Hall–Kier alpha value is -2.09. The van der Waals surface area contributed by atoms with Crippen LogP contribution in [0.25, 0.3) is 0 Å². The Morgan fingerprint density at radius 2 is 1.48 bits per heavy atom. The highest BCUT2D eigenvalue weighted by Gasteiger charge is 2.18. The van der Waals surface area contributed by atoms with E-state index in [1.807, 2.05) is 36.4 Å². The third-order valence-corrected chi connectivity index (χ3v) is 4.92. The van der Waals surface area contributed by atoms with E-state index in [-0.39, 0.29) is 11.8 Å². The molecule has 2 rings (SSSR count). The van der Waals surface area contributed by atoms with E-state index in [2.05, 4.69) is 43.4 Å². The van der Waals surface area contributed by atoms with Crippen LogP contribution in [0.2, 0.25) is 0 Å². The molecule has 1 amide bonds. The number of carbonyl (C=O) groups excluding carboxylic acids is 1. The Kier molecular flexibility index (Phi) is 8.24. The van der Waals surface area contributed by atoms with E-state index < -0.39 is 0 Å². The van der Waals surface area contributed by atoms with Crippen molar-refractivity contribution in [1.82, 2.24) is 5.32 Å². The lowest BCUT2D eigenvalue weighted by molar-refractivity contribution is -0.121. The number of hydrogen-bond donors (Lipinski definition) is 1. The zero-order valence-corrected chi connectivity index (χ0v) is 15.6. The third kappa shape index (κ3) is 6.38. The van der Waals surface area contributed by atoms with Gasteiger partial charge in [0.15, 0.2) is 0 Å². The van der Waals surface area contributed by atoms with Gasteiger partial charge in [-0.05, 0) is 23.5 Å². The maximum atomic E-state index is 12.6. The first-order chi connectivity index (χ1) is 12.2. The molecule has 2 aromatic rings. The summed E-state index contributed by atoms with van der Waals surface area (Å²) in [4.78, 5) is 12.6. The second kappa shape index (κ2) is 10.7.